The highest BCUT2D eigenvalue weighted by atomic mass is 32.1. The van der Waals surface area contributed by atoms with Crippen molar-refractivity contribution in [2.24, 2.45) is 0 Å². The Hall–Kier alpha value is -6.40. The third kappa shape index (κ3) is 4.09. The van der Waals surface area contributed by atoms with Crippen LogP contribution in [0.4, 0.5) is 0 Å². The largest absolute Gasteiger partial charge is 0.276 e. The van der Waals surface area contributed by atoms with E-state index in [1.54, 1.807) is 11.3 Å². The van der Waals surface area contributed by atoms with Gasteiger partial charge < -0.3 is 0 Å². The summed E-state index contributed by atoms with van der Waals surface area (Å²) >= 11 is 3.65. The van der Waals surface area contributed by atoms with E-state index in [4.69, 9.17) is 9.97 Å². The molecule has 12 rings (SSSR count). The summed E-state index contributed by atoms with van der Waals surface area (Å²) in [5, 5.41) is 11.1. The van der Waals surface area contributed by atoms with E-state index >= 15 is 0 Å². The number of benzene rings is 8. The molecule has 0 aliphatic heterocycles. The van der Waals surface area contributed by atoms with Crippen LogP contribution in [0.2, 0.25) is 0 Å². The highest BCUT2D eigenvalue weighted by Gasteiger charge is 2.25. The molecule has 4 heterocycles. The van der Waals surface area contributed by atoms with Gasteiger partial charge in [-0.2, -0.15) is 0 Å². The van der Waals surface area contributed by atoms with Crippen molar-refractivity contribution in [2.75, 3.05) is 0 Å². The summed E-state index contributed by atoms with van der Waals surface area (Å²) in [6, 6.07) is 59.1. The second kappa shape index (κ2) is 11.1. The van der Waals surface area contributed by atoms with Crippen LogP contribution in [0.5, 0.6) is 0 Å². The van der Waals surface area contributed by atoms with Gasteiger partial charge in [-0.25, -0.2) is 9.97 Å². The highest BCUT2D eigenvalue weighted by molar-refractivity contribution is 7.27. The zero-order valence-electron chi connectivity index (χ0n) is 28.2. The number of aromatic nitrogens is 3. The molecule has 0 saturated heterocycles. The molecule has 0 aliphatic carbocycles. The molecule has 246 valence electrons. The monoisotopic (exact) mass is 709 g/mol. The zero-order valence-corrected chi connectivity index (χ0v) is 29.9. The molecule has 0 saturated carbocycles. The summed E-state index contributed by atoms with van der Waals surface area (Å²) in [4.78, 5) is 11.2. The number of thiophene rings is 2. The quantitative estimate of drug-likeness (QED) is 0.183. The third-order valence-corrected chi connectivity index (χ3v) is 13.2. The number of hydrogen-bond donors (Lipinski definition) is 0. The molecule has 0 amide bonds. The minimum absolute atomic E-state index is 0.688. The van der Waals surface area contributed by atoms with Gasteiger partial charge in [0.2, 0.25) is 5.95 Å². The Morgan fingerprint density at radius 3 is 1.72 bits per heavy atom. The van der Waals surface area contributed by atoms with Crippen LogP contribution in [0.25, 0.3) is 112 Å². The van der Waals surface area contributed by atoms with Crippen molar-refractivity contribution in [3.05, 3.63) is 164 Å². The predicted molar refractivity (Wildman–Crippen MR) is 228 cm³/mol. The fourth-order valence-corrected chi connectivity index (χ4v) is 11.0. The van der Waals surface area contributed by atoms with E-state index in [2.05, 4.69) is 168 Å². The first kappa shape index (κ1) is 29.2. The van der Waals surface area contributed by atoms with Crippen LogP contribution >= 0.6 is 22.7 Å². The lowest BCUT2D eigenvalue weighted by Gasteiger charge is -2.14. The summed E-state index contributed by atoms with van der Waals surface area (Å²) in [7, 11) is 0. The molecule has 0 fully saturated rings. The molecule has 8 aromatic carbocycles. The Morgan fingerprint density at radius 2 is 0.943 bits per heavy atom. The number of hydrogen-bond acceptors (Lipinski definition) is 4. The van der Waals surface area contributed by atoms with Crippen molar-refractivity contribution < 1.29 is 0 Å². The van der Waals surface area contributed by atoms with Gasteiger partial charge in [-0.1, -0.05) is 146 Å². The molecule has 5 heteroatoms. The van der Waals surface area contributed by atoms with Crippen molar-refractivity contribution in [3.63, 3.8) is 0 Å². The van der Waals surface area contributed by atoms with Crippen molar-refractivity contribution in [1.82, 2.24) is 14.5 Å². The highest BCUT2D eigenvalue weighted by Crippen LogP contribution is 2.48. The average molecular weight is 710 g/mol. The molecule has 12 aromatic rings. The standard InChI is InChI=1S/C48H27N3S2/c1-2-14-28(15-3-1)29-26-27-34(31-17-5-4-16-30(29)31)43-47-44(37-22-10-13-25-40(37)53-47)50-48(49-43)51-38-23-11-8-20-35(38)41-32-18-6-7-19-33(32)42-36-21-9-12-24-39(36)52-46(42)45(41)51/h1-27H. The Balaban J connectivity index is 1.26. The first-order valence-corrected chi connectivity index (χ1v) is 19.5. The van der Waals surface area contributed by atoms with Crippen LogP contribution in [0.3, 0.4) is 0 Å². The topological polar surface area (TPSA) is 30.7 Å². The van der Waals surface area contributed by atoms with Crippen molar-refractivity contribution >= 4 is 106 Å². The van der Waals surface area contributed by atoms with Crippen LogP contribution in [0, 0.1) is 0 Å². The van der Waals surface area contributed by atoms with Gasteiger partial charge in [0.25, 0.3) is 0 Å². The molecular formula is C48H27N3S2. The van der Waals surface area contributed by atoms with E-state index in [1.807, 2.05) is 11.3 Å². The van der Waals surface area contributed by atoms with E-state index in [1.165, 1.54) is 68.3 Å². The fraction of sp³-hybridized carbons (Fsp3) is 0. The van der Waals surface area contributed by atoms with Gasteiger partial charge in [-0.3, -0.25) is 4.57 Å². The third-order valence-electron chi connectivity index (χ3n) is 10.8. The van der Waals surface area contributed by atoms with Gasteiger partial charge in [0.1, 0.15) is 0 Å². The van der Waals surface area contributed by atoms with E-state index in [9.17, 15) is 0 Å². The molecular weight excluding hydrogens is 683 g/mol. The van der Waals surface area contributed by atoms with Crippen LogP contribution in [-0.2, 0) is 0 Å². The molecule has 0 aliphatic rings. The van der Waals surface area contributed by atoms with Gasteiger partial charge in [-0.15, -0.1) is 22.7 Å². The van der Waals surface area contributed by atoms with Gasteiger partial charge >= 0.3 is 0 Å². The summed E-state index contributed by atoms with van der Waals surface area (Å²) in [5.74, 6) is 0.688. The Morgan fingerprint density at radius 1 is 0.396 bits per heavy atom. The lowest BCUT2D eigenvalue weighted by Crippen LogP contribution is -2.03. The van der Waals surface area contributed by atoms with E-state index in [0.717, 1.165) is 37.9 Å². The number of para-hydroxylation sites is 1. The smallest absolute Gasteiger partial charge is 0.235 e. The molecule has 4 aromatic heterocycles. The second-order valence-corrected chi connectivity index (χ2v) is 15.7. The van der Waals surface area contributed by atoms with E-state index in [-0.39, 0.29) is 0 Å². The molecule has 53 heavy (non-hydrogen) atoms. The number of nitrogens with zero attached hydrogens (tertiary/aromatic N) is 3. The van der Waals surface area contributed by atoms with E-state index < -0.39 is 0 Å². The van der Waals surface area contributed by atoms with Crippen LogP contribution in [0.15, 0.2) is 164 Å². The van der Waals surface area contributed by atoms with Crippen molar-refractivity contribution in [2.45, 2.75) is 0 Å². The van der Waals surface area contributed by atoms with Gasteiger partial charge in [0.05, 0.1) is 31.6 Å². The lowest BCUT2D eigenvalue weighted by atomic mass is 9.93. The number of fused-ring (bicyclic) bond motifs is 14. The van der Waals surface area contributed by atoms with Crippen molar-refractivity contribution in [1.29, 1.82) is 0 Å². The first-order valence-electron chi connectivity index (χ1n) is 17.8. The summed E-state index contributed by atoms with van der Waals surface area (Å²) < 4.78 is 7.20. The maximum atomic E-state index is 5.67. The number of rotatable bonds is 3. The van der Waals surface area contributed by atoms with Crippen LogP contribution < -0.4 is 0 Å². The summed E-state index contributed by atoms with van der Waals surface area (Å²) in [6.07, 6.45) is 0. The lowest BCUT2D eigenvalue weighted by molar-refractivity contribution is 1.02. The van der Waals surface area contributed by atoms with Gasteiger partial charge in [0.15, 0.2) is 0 Å². The minimum atomic E-state index is 0.688. The molecule has 0 atom stereocenters. The summed E-state index contributed by atoms with van der Waals surface area (Å²) in [5.41, 5.74) is 7.74. The summed E-state index contributed by atoms with van der Waals surface area (Å²) in [6.45, 7) is 0. The zero-order chi connectivity index (χ0) is 34.6. The normalized spacial score (nSPS) is 12.2. The first-order chi connectivity index (χ1) is 26.3. The molecule has 3 nitrogen and oxygen atoms in total. The maximum Gasteiger partial charge on any atom is 0.235 e. The Bertz CT molecular complexity index is 3460. The minimum Gasteiger partial charge on any atom is -0.276 e. The van der Waals surface area contributed by atoms with Crippen LogP contribution in [-0.4, -0.2) is 14.5 Å². The molecule has 0 bridgehead atoms. The van der Waals surface area contributed by atoms with Crippen LogP contribution in [0.1, 0.15) is 0 Å². The van der Waals surface area contributed by atoms with Gasteiger partial charge in [-0.05, 0) is 50.9 Å². The molecule has 0 spiro atoms. The second-order valence-electron chi connectivity index (χ2n) is 13.6. The molecule has 0 radical (unpaired) electrons. The Kier molecular flexibility index (Phi) is 6.09. The molecule has 0 unspecified atom stereocenters. The van der Waals surface area contributed by atoms with Gasteiger partial charge in [0, 0.05) is 41.9 Å². The fourth-order valence-electron chi connectivity index (χ4n) is 8.57. The van der Waals surface area contributed by atoms with E-state index in [0.29, 0.717) is 5.95 Å². The average Bonchev–Trinajstić information content (AvgIpc) is 3.91. The Labute approximate surface area is 311 Å². The predicted octanol–water partition coefficient (Wildman–Crippen LogP) is 13.9. The SMILES string of the molecule is c1ccc(-c2ccc(-c3nc(-n4c5ccccc5c5c6ccccc6c6c7ccccc7sc6c54)nc4c3sc3ccccc34)c3ccccc23)cc1. The van der Waals surface area contributed by atoms with Crippen molar-refractivity contribution in [3.8, 4) is 28.3 Å². The maximum absolute atomic E-state index is 5.67. The molecule has 0 N–H and O–H groups in total.